The van der Waals surface area contributed by atoms with E-state index < -0.39 is 0 Å². The van der Waals surface area contributed by atoms with Crippen LogP contribution in [0.25, 0.3) is 0 Å². The van der Waals surface area contributed by atoms with Crippen molar-refractivity contribution in [1.82, 2.24) is 0 Å². The molecule has 0 aromatic heterocycles. The van der Waals surface area contributed by atoms with Gasteiger partial charge in [-0.1, -0.05) is 55.2 Å². The molecule has 2 rings (SSSR count). The molecule has 0 saturated heterocycles. The first-order valence-electron chi connectivity index (χ1n) is 5.55. The van der Waals surface area contributed by atoms with Gasteiger partial charge in [-0.3, -0.25) is 0 Å². The van der Waals surface area contributed by atoms with Crippen molar-refractivity contribution >= 4 is 0 Å². The molecule has 0 aliphatic rings. The average Bonchev–Trinajstić information content (AvgIpc) is 2.38. The van der Waals surface area contributed by atoms with Gasteiger partial charge in [-0.2, -0.15) is 0 Å². The van der Waals surface area contributed by atoms with Crippen LogP contribution in [0, 0.1) is 11.8 Å². The van der Waals surface area contributed by atoms with Gasteiger partial charge >= 0.3 is 0 Å². The summed E-state index contributed by atoms with van der Waals surface area (Å²) in [5.74, 6) is 6.42. The summed E-state index contributed by atoms with van der Waals surface area (Å²) < 4.78 is 0. The molecule has 78 valence electrons. The van der Waals surface area contributed by atoms with Crippen LogP contribution in [0.5, 0.6) is 0 Å². The highest BCUT2D eigenvalue weighted by Gasteiger charge is 1.94. The Labute approximate surface area is 96.9 Å². The van der Waals surface area contributed by atoms with Crippen molar-refractivity contribution in [3.05, 3.63) is 71.3 Å². The first kappa shape index (κ1) is 10.5. The minimum absolute atomic E-state index is 1.03. The summed E-state index contributed by atoms with van der Waals surface area (Å²) in [6, 6.07) is 18.4. The molecule has 0 fully saturated rings. The maximum atomic E-state index is 3.23. The zero-order valence-corrected chi connectivity index (χ0v) is 9.40. The molecule has 0 bridgehead atoms. The van der Waals surface area contributed by atoms with Gasteiger partial charge < -0.3 is 0 Å². The van der Waals surface area contributed by atoms with Crippen LogP contribution in [0.15, 0.2) is 54.6 Å². The average molecular weight is 206 g/mol. The Kier molecular flexibility index (Phi) is 3.41. The number of hydrogen-bond acceptors (Lipinski definition) is 0. The van der Waals surface area contributed by atoms with Crippen LogP contribution in [-0.2, 0) is 6.42 Å². The third-order valence-electron chi connectivity index (χ3n) is 2.51. The summed E-state index contributed by atoms with van der Waals surface area (Å²) in [4.78, 5) is 0. The Balaban J connectivity index is 2.31. The molecule has 0 aliphatic carbocycles. The summed E-state index contributed by atoms with van der Waals surface area (Å²) in [7, 11) is 0. The lowest BCUT2D eigenvalue weighted by Gasteiger charge is -1.98. The van der Waals surface area contributed by atoms with Gasteiger partial charge in [0.1, 0.15) is 0 Å². The Bertz CT molecular complexity index is 512. The first-order chi connectivity index (χ1) is 7.90. The molecule has 0 radical (unpaired) electrons. The molecule has 2 aromatic rings. The van der Waals surface area contributed by atoms with Crippen molar-refractivity contribution in [3.63, 3.8) is 0 Å². The topological polar surface area (TPSA) is 0 Å². The van der Waals surface area contributed by atoms with Crippen molar-refractivity contribution in [3.8, 4) is 11.8 Å². The third-order valence-corrected chi connectivity index (χ3v) is 2.51. The third kappa shape index (κ3) is 2.52. The van der Waals surface area contributed by atoms with E-state index in [1.165, 1.54) is 5.56 Å². The van der Waals surface area contributed by atoms with Crippen LogP contribution in [-0.4, -0.2) is 0 Å². The normalized spacial score (nSPS) is 9.31. The fourth-order valence-electron chi connectivity index (χ4n) is 1.61. The van der Waals surface area contributed by atoms with E-state index in [1.54, 1.807) is 0 Å². The minimum Gasteiger partial charge on any atom is -0.0622 e. The van der Waals surface area contributed by atoms with Gasteiger partial charge in [-0.25, -0.2) is 0 Å². The maximum absolute atomic E-state index is 3.23. The summed E-state index contributed by atoms with van der Waals surface area (Å²) >= 11 is 0. The highest BCUT2D eigenvalue weighted by Crippen LogP contribution is 2.08. The minimum atomic E-state index is 1.03. The van der Waals surface area contributed by atoms with E-state index in [2.05, 4.69) is 37.0 Å². The van der Waals surface area contributed by atoms with Crippen LogP contribution in [0.2, 0.25) is 0 Å². The largest absolute Gasteiger partial charge is 0.0622 e. The predicted molar refractivity (Wildman–Crippen MR) is 68.2 cm³/mol. The fourth-order valence-corrected chi connectivity index (χ4v) is 1.61. The molecule has 0 heteroatoms. The summed E-state index contributed by atoms with van der Waals surface area (Å²) in [5, 5.41) is 0. The Morgan fingerprint density at radius 2 is 1.50 bits per heavy atom. The van der Waals surface area contributed by atoms with E-state index in [0.29, 0.717) is 0 Å². The molecule has 0 saturated carbocycles. The quantitative estimate of drug-likeness (QED) is 0.625. The van der Waals surface area contributed by atoms with Gasteiger partial charge in [0.2, 0.25) is 0 Å². The van der Waals surface area contributed by atoms with E-state index in [-0.39, 0.29) is 0 Å². The van der Waals surface area contributed by atoms with Gasteiger partial charge in [0.25, 0.3) is 0 Å². The molecule has 0 atom stereocenters. The molecule has 16 heavy (non-hydrogen) atoms. The molecular formula is C16H14. The summed E-state index contributed by atoms with van der Waals surface area (Å²) in [5.41, 5.74) is 3.51. The lowest BCUT2D eigenvalue weighted by Crippen LogP contribution is -1.85. The standard InChI is InChI=1S/C16H14/c1-2-15-10-6-7-11-16(15)13-12-14-8-4-3-5-9-14/h3-11H,2H2,1H3. The molecule has 0 heterocycles. The SMILES string of the molecule is CCc1ccccc1C#Cc1ccccc1. The Hall–Kier alpha value is -2.00. The molecular weight excluding hydrogens is 192 g/mol. The van der Waals surface area contributed by atoms with Crippen molar-refractivity contribution in [2.24, 2.45) is 0 Å². The van der Waals surface area contributed by atoms with Gasteiger partial charge in [0, 0.05) is 11.1 Å². The Morgan fingerprint density at radius 3 is 2.25 bits per heavy atom. The zero-order chi connectivity index (χ0) is 11.2. The van der Waals surface area contributed by atoms with Crippen molar-refractivity contribution in [1.29, 1.82) is 0 Å². The first-order valence-corrected chi connectivity index (χ1v) is 5.55. The Morgan fingerprint density at radius 1 is 0.812 bits per heavy atom. The van der Waals surface area contributed by atoms with Crippen LogP contribution in [0.3, 0.4) is 0 Å². The molecule has 0 spiro atoms. The number of hydrogen-bond donors (Lipinski definition) is 0. The smallest absolute Gasteiger partial charge is 0.0280 e. The predicted octanol–water partition coefficient (Wildman–Crippen LogP) is 3.65. The fraction of sp³-hybridized carbons (Fsp3) is 0.125. The van der Waals surface area contributed by atoms with E-state index in [1.807, 2.05) is 36.4 Å². The second-order valence-corrected chi connectivity index (χ2v) is 3.63. The monoisotopic (exact) mass is 206 g/mol. The molecule has 0 unspecified atom stereocenters. The van der Waals surface area contributed by atoms with E-state index >= 15 is 0 Å². The van der Waals surface area contributed by atoms with Gasteiger partial charge in [0.15, 0.2) is 0 Å². The molecule has 2 aromatic carbocycles. The van der Waals surface area contributed by atoms with E-state index in [9.17, 15) is 0 Å². The second-order valence-electron chi connectivity index (χ2n) is 3.63. The maximum Gasteiger partial charge on any atom is 0.0280 e. The van der Waals surface area contributed by atoms with Crippen LogP contribution in [0.1, 0.15) is 23.6 Å². The molecule has 0 N–H and O–H groups in total. The van der Waals surface area contributed by atoms with Gasteiger partial charge in [-0.05, 0) is 30.2 Å². The number of benzene rings is 2. The van der Waals surface area contributed by atoms with E-state index in [4.69, 9.17) is 0 Å². The van der Waals surface area contributed by atoms with Gasteiger partial charge in [-0.15, -0.1) is 0 Å². The molecule has 0 aliphatic heterocycles. The van der Waals surface area contributed by atoms with Crippen LogP contribution >= 0.6 is 0 Å². The lowest BCUT2D eigenvalue weighted by atomic mass is 10.1. The number of rotatable bonds is 1. The molecule has 0 nitrogen and oxygen atoms in total. The zero-order valence-electron chi connectivity index (χ0n) is 9.40. The second kappa shape index (κ2) is 5.19. The van der Waals surface area contributed by atoms with Crippen molar-refractivity contribution < 1.29 is 0 Å². The van der Waals surface area contributed by atoms with Crippen LogP contribution in [0.4, 0.5) is 0 Å². The van der Waals surface area contributed by atoms with E-state index in [0.717, 1.165) is 17.5 Å². The van der Waals surface area contributed by atoms with Gasteiger partial charge in [0.05, 0.1) is 0 Å². The van der Waals surface area contributed by atoms with Crippen molar-refractivity contribution in [2.45, 2.75) is 13.3 Å². The van der Waals surface area contributed by atoms with Crippen LogP contribution < -0.4 is 0 Å². The number of aryl methyl sites for hydroxylation is 1. The highest BCUT2D eigenvalue weighted by atomic mass is 14.0. The van der Waals surface area contributed by atoms with Crippen molar-refractivity contribution in [2.75, 3.05) is 0 Å². The lowest BCUT2D eigenvalue weighted by molar-refractivity contribution is 1.13. The molecule has 0 amide bonds. The summed E-state index contributed by atoms with van der Waals surface area (Å²) in [6.45, 7) is 2.16. The summed E-state index contributed by atoms with van der Waals surface area (Å²) in [6.07, 6.45) is 1.03. The highest BCUT2D eigenvalue weighted by molar-refractivity contribution is 5.46.